The second-order valence-corrected chi connectivity index (χ2v) is 5.70. The van der Waals surface area contributed by atoms with E-state index >= 15 is 0 Å². The van der Waals surface area contributed by atoms with Crippen LogP contribution in [0.4, 0.5) is 0 Å². The van der Waals surface area contributed by atoms with Crippen LogP contribution >= 0.6 is 0 Å². The molecule has 0 aromatic carbocycles. The van der Waals surface area contributed by atoms with E-state index in [-0.39, 0.29) is 5.41 Å². The van der Waals surface area contributed by atoms with Crippen molar-refractivity contribution in [2.24, 2.45) is 16.7 Å². The van der Waals surface area contributed by atoms with E-state index in [1.54, 1.807) is 0 Å². The molecule has 80 valence electrons. The summed E-state index contributed by atoms with van der Waals surface area (Å²) >= 11 is 0. The third-order valence-electron chi connectivity index (χ3n) is 3.78. The Balaban J connectivity index is 2.62. The molecule has 0 aromatic rings. The van der Waals surface area contributed by atoms with E-state index < -0.39 is 0 Å². The van der Waals surface area contributed by atoms with E-state index in [9.17, 15) is 4.79 Å². The Hall–Kier alpha value is -0.590. The zero-order valence-electron chi connectivity index (χ0n) is 9.68. The first-order chi connectivity index (χ1) is 6.43. The molecule has 1 saturated carbocycles. The molecule has 0 heterocycles. The summed E-state index contributed by atoms with van der Waals surface area (Å²) in [6, 6.07) is 0. The van der Waals surface area contributed by atoms with Crippen LogP contribution in [-0.2, 0) is 4.79 Å². The fourth-order valence-electron chi connectivity index (χ4n) is 2.39. The van der Waals surface area contributed by atoms with Crippen molar-refractivity contribution in [3.8, 4) is 0 Å². The van der Waals surface area contributed by atoms with Crippen LogP contribution in [0.15, 0.2) is 12.7 Å². The molecule has 1 heteroatoms. The van der Waals surface area contributed by atoms with Gasteiger partial charge in [0.2, 0.25) is 0 Å². The molecule has 1 aliphatic rings. The predicted octanol–water partition coefficient (Wildman–Crippen LogP) is 3.59. The fraction of sp³-hybridized carbons (Fsp3) is 0.769. The number of allylic oxidation sites excluding steroid dienone is 1. The molecule has 1 nitrogen and oxygen atoms in total. The van der Waals surface area contributed by atoms with Gasteiger partial charge in [0.15, 0.2) is 0 Å². The topological polar surface area (TPSA) is 17.1 Å². The van der Waals surface area contributed by atoms with Gasteiger partial charge in [0, 0.05) is 5.41 Å². The van der Waals surface area contributed by atoms with Gasteiger partial charge in [0.1, 0.15) is 6.29 Å². The van der Waals surface area contributed by atoms with Gasteiger partial charge in [-0.1, -0.05) is 26.8 Å². The molecular weight excluding hydrogens is 172 g/mol. The molecular formula is C13H22O. The van der Waals surface area contributed by atoms with Crippen molar-refractivity contribution >= 4 is 6.29 Å². The Bertz CT molecular complexity index is 204. The molecule has 0 amide bonds. The molecule has 0 bridgehead atoms. The van der Waals surface area contributed by atoms with Gasteiger partial charge in [-0.25, -0.2) is 0 Å². The summed E-state index contributed by atoms with van der Waals surface area (Å²) < 4.78 is 0. The van der Waals surface area contributed by atoms with Gasteiger partial charge < -0.3 is 4.79 Å². The van der Waals surface area contributed by atoms with Crippen LogP contribution in [-0.4, -0.2) is 6.29 Å². The average molecular weight is 194 g/mol. The molecule has 0 unspecified atom stereocenters. The number of hydrogen-bond acceptors (Lipinski definition) is 1. The van der Waals surface area contributed by atoms with Crippen molar-refractivity contribution in [2.75, 3.05) is 0 Å². The lowest BCUT2D eigenvalue weighted by molar-refractivity contribution is -0.116. The van der Waals surface area contributed by atoms with Gasteiger partial charge in [0.05, 0.1) is 0 Å². The van der Waals surface area contributed by atoms with Crippen LogP contribution in [0.3, 0.4) is 0 Å². The highest BCUT2D eigenvalue weighted by Crippen LogP contribution is 2.44. The molecule has 0 saturated heterocycles. The summed E-state index contributed by atoms with van der Waals surface area (Å²) in [4.78, 5) is 11.0. The Morgan fingerprint density at radius 2 is 1.79 bits per heavy atom. The highest BCUT2D eigenvalue weighted by Gasteiger charge is 2.36. The molecule has 0 aliphatic heterocycles. The Morgan fingerprint density at radius 1 is 1.29 bits per heavy atom. The molecule has 14 heavy (non-hydrogen) atoms. The van der Waals surface area contributed by atoms with Gasteiger partial charge in [-0.2, -0.15) is 0 Å². The number of rotatable bonds is 2. The SMILES string of the molecule is C=CC1(C=O)CCC(C(C)(C)C)CC1. The van der Waals surface area contributed by atoms with Crippen LogP contribution in [0.25, 0.3) is 0 Å². The van der Waals surface area contributed by atoms with Gasteiger partial charge in [-0.05, 0) is 37.0 Å². The predicted molar refractivity (Wildman–Crippen MR) is 60.1 cm³/mol. The monoisotopic (exact) mass is 194 g/mol. The minimum absolute atomic E-state index is 0.207. The molecule has 1 rings (SSSR count). The van der Waals surface area contributed by atoms with Crippen molar-refractivity contribution < 1.29 is 4.79 Å². The first-order valence-corrected chi connectivity index (χ1v) is 5.53. The molecule has 1 fully saturated rings. The number of aldehydes is 1. The van der Waals surface area contributed by atoms with Crippen molar-refractivity contribution in [1.29, 1.82) is 0 Å². The Morgan fingerprint density at radius 3 is 2.07 bits per heavy atom. The lowest BCUT2D eigenvalue weighted by Crippen LogP contribution is -2.32. The summed E-state index contributed by atoms with van der Waals surface area (Å²) in [6.07, 6.45) is 7.24. The summed E-state index contributed by atoms with van der Waals surface area (Å²) in [6.45, 7) is 10.7. The summed E-state index contributed by atoms with van der Waals surface area (Å²) in [7, 11) is 0. The van der Waals surface area contributed by atoms with E-state index in [4.69, 9.17) is 0 Å². The number of carbonyl (C=O) groups is 1. The molecule has 0 aromatic heterocycles. The maximum absolute atomic E-state index is 11.0. The number of hydrogen-bond donors (Lipinski definition) is 0. The molecule has 0 radical (unpaired) electrons. The largest absolute Gasteiger partial charge is 0.302 e. The van der Waals surface area contributed by atoms with Gasteiger partial charge in [0.25, 0.3) is 0 Å². The highest BCUT2D eigenvalue weighted by atomic mass is 16.1. The average Bonchev–Trinajstić information content (AvgIpc) is 2.16. The maximum Gasteiger partial charge on any atom is 0.129 e. The standard InChI is InChI=1S/C13H22O/c1-5-13(10-14)8-6-11(7-9-13)12(2,3)4/h5,10-11H,1,6-9H2,2-4H3. The van der Waals surface area contributed by atoms with Gasteiger partial charge in [-0.15, -0.1) is 6.58 Å². The molecule has 1 aliphatic carbocycles. The molecule has 0 spiro atoms. The van der Waals surface area contributed by atoms with Crippen LogP contribution < -0.4 is 0 Å². The third kappa shape index (κ3) is 2.26. The van der Waals surface area contributed by atoms with E-state index in [0.717, 1.165) is 37.9 Å². The van der Waals surface area contributed by atoms with Crippen molar-refractivity contribution in [1.82, 2.24) is 0 Å². The van der Waals surface area contributed by atoms with Crippen molar-refractivity contribution in [3.05, 3.63) is 12.7 Å². The minimum Gasteiger partial charge on any atom is -0.302 e. The highest BCUT2D eigenvalue weighted by molar-refractivity contribution is 5.62. The van der Waals surface area contributed by atoms with E-state index in [2.05, 4.69) is 27.4 Å². The first-order valence-electron chi connectivity index (χ1n) is 5.53. The quantitative estimate of drug-likeness (QED) is 0.485. The van der Waals surface area contributed by atoms with Crippen LogP contribution in [0.2, 0.25) is 0 Å². The van der Waals surface area contributed by atoms with Crippen LogP contribution in [0.5, 0.6) is 0 Å². The van der Waals surface area contributed by atoms with Gasteiger partial charge in [-0.3, -0.25) is 0 Å². The van der Waals surface area contributed by atoms with Crippen LogP contribution in [0, 0.1) is 16.7 Å². The van der Waals surface area contributed by atoms with Crippen molar-refractivity contribution in [2.45, 2.75) is 46.5 Å². The zero-order chi connectivity index (χ0) is 10.8. The van der Waals surface area contributed by atoms with E-state index in [0.29, 0.717) is 5.41 Å². The Labute approximate surface area is 87.6 Å². The lowest BCUT2D eigenvalue weighted by Gasteiger charge is -2.40. The second-order valence-electron chi connectivity index (χ2n) is 5.70. The van der Waals surface area contributed by atoms with Gasteiger partial charge >= 0.3 is 0 Å². The van der Waals surface area contributed by atoms with Crippen molar-refractivity contribution in [3.63, 3.8) is 0 Å². The first kappa shape index (κ1) is 11.5. The minimum atomic E-state index is -0.207. The lowest BCUT2D eigenvalue weighted by atomic mass is 9.65. The smallest absolute Gasteiger partial charge is 0.129 e. The molecule has 0 atom stereocenters. The normalized spacial score (nSPS) is 33.8. The third-order valence-corrected chi connectivity index (χ3v) is 3.78. The molecule has 0 N–H and O–H groups in total. The fourth-order valence-corrected chi connectivity index (χ4v) is 2.39. The van der Waals surface area contributed by atoms with E-state index in [1.165, 1.54) is 0 Å². The Kier molecular flexibility index (Phi) is 3.18. The maximum atomic E-state index is 11.0. The summed E-state index contributed by atoms with van der Waals surface area (Å²) in [5, 5.41) is 0. The number of carbonyl (C=O) groups excluding carboxylic acids is 1. The zero-order valence-corrected chi connectivity index (χ0v) is 9.68. The summed E-state index contributed by atoms with van der Waals surface area (Å²) in [5.74, 6) is 0.760. The van der Waals surface area contributed by atoms with Crippen LogP contribution in [0.1, 0.15) is 46.5 Å². The van der Waals surface area contributed by atoms with E-state index in [1.807, 2.05) is 6.08 Å². The summed E-state index contributed by atoms with van der Waals surface area (Å²) in [5.41, 5.74) is 0.179. The second kappa shape index (κ2) is 3.88.